The highest BCUT2D eigenvalue weighted by atomic mass is 79.9. The number of rotatable bonds is 2. The van der Waals surface area contributed by atoms with Crippen LogP contribution in [0.1, 0.15) is 22.9 Å². The molecule has 0 radical (unpaired) electrons. The molecule has 0 bridgehead atoms. The van der Waals surface area contributed by atoms with Gasteiger partial charge in [-0.3, -0.25) is 0 Å². The topological polar surface area (TPSA) is 4.93 Å². The van der Waals surface area contributed by atoms with E-state index in [1.807, 2.05) is 0 Å². The Morgan fingerprint density at radius 2 is 1.79 bits per heavy atom. The molecule has 96 valence electrons. The van der Waals surface area contributed by atoms with E-state index in [0.717, 1.165) is 0 Å². The summed E-state index contributed by atoms with van der Waals surface area (Å²) >= 11 is 3.67. The maximum absolute atomic E-state index is 3.67. The molecule has 1 heterocycles. The average Bonchev–Trinajstić information content (AvgIpc) is 2.82. The summed E-state index contributed by atoms with van der Waals surface area (Å²) in [4.78, 5) is 0.365. The lowest BCUT2D eigenvalue weighted by atomic mass is 10.1. The SMILES string of the molecule is Cc1ccccc1-n1ccc2c(C(C)Br)cccc21. The van der Waals surface area contributed by atoms with E-state index in [-0.39, 0.29) is 0 Å². The summed E-state index contributed by atoms with van der Waals surface area (Å²) in [6.07, 6.45) is 2.16. The summed E-state index contributed by atoms with van der Waals surface area (Å²) in [5.74, 6) is 0. The normalized spacial score (nSPS) is 12.8. The molecule has 1 aromatic heterocycles. The highest BCUT2D eigenvalue weighted by Crippen LogP contribution is 2.31. The molecule has 2 heteroatoms. The first-order valence-electron chi connectivity index (χ1n) is 6.48. The van der Waals surface area contributed by atoms with Gasteiger partial charge in [-0.1, -0.05) is 46.3 Å². The number of aromatic nitrogens is 1. The van der Waals surface area contributed by atoms with E-state index < -0.39 is 0 Å². The fraction of sp³-hybridized carbons (Fsp3) is 0.176. The van der Waals surface area contributed by atoms with Gasteiger partial charge in [0, 0.05) is 22.1 Å². The first kappa shape index (κ1) is 12.5. The second-order valence-corrected chi connectivity index (χ2v) is 6.24. The lowest BCUT2D eigenvalue weighted by Crippen LogP contribution is -1.95. The number of fused-ring (bicyclic) bond motifs is 1. The van der Waals surface area contributed by atoms with Crippen LogP contribution in [-0.4, -0.2) is 4.57 Å². The number of benzene rings is 2. The van der Waals surface area contributed by atoms with Gasteiger partial charge in [-0.15, -0.1) is 0 Å². The van der Waals surface area contributed by atoms with E-state index in [1.54, 1.807) is 0 Å². The highest BCUT2D eigenvalue weighted by molar-refractivity contribution is 9.09. The first-order chi connectivity index (χ1) is 9.18. The zero-order valence-corrected chi connectivity index (χ0v) is 12.7. The summed E-state index contributed by atoms with van der Waals surface area (Å²) in [5, 5.41) is 1.31. The predicted octanol–water partition coefficient (Wildman–Crippen LogP) is 5.39. The van der Waals surface area contributed by atoms with Crippen molar-refractivity contribution in [2.24, 2.45) is 0 Å². The van der Waals surface area contributed by atoms with Gasteiger partial charge in [0.15, 0.2) is 0 Å². The van der Waals surface area contributed by atoms with E-state index in [9.17, 15) is 0 Å². The van der Waals surface area contributed by atoms with Crippen molar-refractivity contribution in [3.05, 3.63) is 65.9 Å². The monoisotopic (exact) mass is 313 g/mol. The van der Waals surface area contributed by atoms with Crippen LogP contribution in [0, 0.1) is 6.92 Å². The Hall–Kier alpha value is -1.54. The fourth-order valence-corrected chi connectivity index (χ4v) is 2.98. The Balaban J connectivity index is 2.28. The van der Waals surface area contributed by atoms with Gasteiger partial charge in [-0.2, -0.15) is 0 Å². The van der Waals surface area contributed by atoms with E-state index in [4.69, 9.17) is 0 Å². The van der Waals surface area contributed by atoms with Crippen LogP contribution in [0.2, 0.25) is 0 Å². The number of hydrogen-bond acceptors (Lipinski definition) is 0. The van der Waals surface area contributed by atoms with Crippen LogP contribution in [0.25, 0.3) is 16.6 Å². The standard InChI is InChI=1S/C17H16BrN/c1-12-6-3-4-8-16(12)19-11-10-15-14(13(2)18)7-5-9-17(15)19/h3-11,13H,1-2H3. The van der Waals surface area contributed by atoms with Gasteiger partial charge in [-0.25, -0.2) is 0 Å². The number of alkyl halides is 1. The van der Waals surface area contributed by atoms with E-state index in [2.05, 4.69) is 89.1 Å². The number of nitrogens with zero attached hydrogens (tertiary/aromatic N) is 1. The zero-order valence-electron chi connectivity index (χ0n) is 11.1. The van der Waals surface area contributed by atoms with Crippen LogP contribution in [0.5, 0.6) is 0 Å². The Labute approximate surface area is 122 Å². The molecule has 19 heavy (non-hydrogen) atoms. The van der Waals surface area contributed by atoms with E-state index in [1.165, 1.54) is 27.7 Å². The largest absolute Gasteiger partial charge is 0.316 e. The quantitative estimate of drug-likeness (QED) is 0.559. The van der Waals surface area contributed by atoms with Crippen LogP contribution < -0.4 is 0 Å². The molecule has 0 saturated heterocycles. The van der Waals surface area contributed by atoms with Crippen molar-refractivity contribution >= 4 is 26.8 Å². The minimum atomic E-state index is 0.365. The lowest BCUT2D eigenvalue weighted by Gasteiger charge is -2.10. The smallest absolute Gasteiger partial charge is 0.0531 e. The van der Waals surface area contributed by atoms with Crippen molar-refractivity contribution in [2.75, 3.05) is 0 Å². The fourth-order valence-electron chi connectivity index (χ4n) is 2.58. The highest BCUT2D eigenvalue weighted by Gasteiger charge is 2.10. The van der Waals surface area contributed by atoms with Gasteiger partial charge in [0.25, 0.3) is 0 Å². The van der Waals surface area contributed by atoms with Crippen molar-refractivity contribution in [1.29, 1.82) is 0 Å². The van der Waals surface area contributed by atoms with Gasteiger partial charge < -0.3 is 4.57 Å². The third kappa shape index (κ3) is 2.10. The molecule has 3 aromatic rings. The summed E-state index contributed by atoms with van der Waals surface area (Å²) in [7, 11) is 0. The molecule has 0 aliphatic rings. The average molecular weight is 314 g/mol. The number of aryl methyl sites for hydroxylation is 1. The maximum Gasteiger partial charge on any atom is 0.0531 e. The van der Waals surface area contributed by atoms with Crippen molar-refractivity contribution in [2.45, 2.75) is 18.7 Å². The summed E-state index contributed by atoms with van der Waals surface area (Å²) in [6.45, 7) is 4.32. The maximum atomic E-state index is 3.67. The predicted molar refractivity (Wildman–Crippen MR) is 85.4 cm³/mol. The first-order valence-corrected chi connectivity index (χ1v) is 7.40. The Morgan fingerprint density at radius 3 is 2.53 bits per heavy atom. The Bertz CT molecular complexity index is 725. The minimum absolute atomic E-state index is 0.365. The molecule has 1 atom stereocenters. The van der Waals surface area contributed by atoms with Crippen LogP contribution in [0.3, 0.4) is 0 Å². The molecule has 0 spiro atoms. The third-order valence-corrected chi connectivity index (χ3v) is 4.06. The lowest BCUT2D eigenvalue weighted by molar-refractivity contribution is 1.10. The molecule has 0 aliphatic heterocycles. The molecule has 1 nitrogen and oxygen atoms in total. The molecule has 0 amide bonds. The molecular weight excluding hydrogens is 298 g/mol. The molecule has 1 unspecified atom stereocenters. The Morgan fingerprint density at radius 1 is 1.00 bits per heavy atom. The second kappa shape index (κ2) is 4.86. The summed E-state index contributed by atoms with van der Waals surface area (Å²) < 4.78 is 2.27. The van der Waals surface area contributed by atoms with Gasteiger partial charge in [0.2, 0.25) is 0 Å². The molecule has 0 N–H and O–H groups in total. The van der Waals surface area contributed by atoms with Gasteiger partial charge in [-0.05, 0) is 43.2 Å². The van der Waals surface area contributed by atoms with Crippen molar-refractivity contribution in [3.63, 3.8) is 0 Å². The number of hydrogen-bond donors (Lipinski definition) is 0. The molecule has 0 saturated carbocycles. The van der Waals surface area contributed by atoms with E-state index >= 15 is 0 Å². The van der Waals surface area contributed by atoms with Crippen LogP contribution in [0.4, 0.5) is 0 Å². The second-order valence-electron chi connectivity index (χ2n) is 4.87. The molecule has 2 aromatic carbocycles. The van der Waals surface area contributed by atoms with Gasteiger partial charge in [0.1, 0.15) is 0 Å². The van der Waals surface area contributed by atoms with Crippen molar-refractivity contribution in [1.82, 2.24) is 4.57 Å². The van der Waals surface area contributed by atoms with E-state index in [0.29, 0.717) is 4.83 Å². The molecule has 0 aliphatic carbocycles. The molecular formula is C17H16BrN. The summed E-state index contributed by atoms with van der Waals surface area (Å²) in [6, 6.07) is 17.2. The van der Waals surface area contributed by atoms with Crippen LogP contribution in [0.15, 0.2) is 54.7 Å². The zero-order chi connectivity index (χ0) is 13.4. The van der Waals surface area contributed by atoms with Gasteiger partial charge in [0.05, 0.1) is 5.52 Å². The molecule has 3 rings (SSSR count). The summed E-state index contributed by atoms with van der Waals surface area (Å²) in [5.41, 5.74) is 5.14. The number of halogens is 1. The number of para-hydroxylation sites is 1. The minimum Gasteiger partial charge on any atom is -0.316 e. The van der Waals surface area contributed by atoms with Crippen molar-refractivity contribution < 1.29 is 0 Å². The van der Waals surface area contributed by atoms with Crippen LogP contribution in [-0.2, 0) is 0 Å². The third-order valence-electron chi connectivity index (χ3n) is 3.57. The van der Waals surface area contributed by atoms with Gasteiger partial charge >= 0.3 is 0 Å². The van der Waals surface area contributed by atoms with Crippen LogP contribution >= 0.6 is 15.9 Å². The van der Waals surface area contributed by atoms with Crippen molar-refractivity contribution in [3.8, 4) is 5.69 Å². The molecule has 0 fully saturated rings. The Kier molecular flexibility index (Phi) is 3.19.